The van der Waals surface area contributed by atoms with Crippen molar-refractivity contribution in [2.45, 2.75) is 6.54 Å². The molecule has 8 nitrogen and oxygen atoms in total. The maximum Gasteiger partial charge on any atom is 0.336 e. The van der Waals surface area contributed by atoms with Crippen molar-refractivity contribution in [3.05, 3.63) is 64.5 Å². The molecule has 0 fully saturated rings. The minimum absolute atomic E-state index is 0.156. The number of rotatable bonds is 9. The van der Waals surface area contributed by atoms with Crippen molar-refractivity contribution in [1.82, 2.24) is 4.90 Å². The molecule has 3 aromatic rings. The molecule has 0 unspecified atom stereocenters. The zero-order chi connectivity index (χ0) is 21.5. The van der Waals surface area contributed by atoms with Crippen LogP contribution >= 0.6 is 0 Å². The van der Waals surface area contributed by atoms with Crippen molar-refractivity contribution in [3.63, 3.8) is 0 Å². The van der Waals surface area contributed by atoms with Crippen molar-refractivity contribution in [1.29, 1.82) is 0 Å². The molecule has 1 amide bonds. The van der Waals surface area contributed by atoms with E-state index >= 15 is 0 Å². The molecule has 1 heterocycles. The highest BCUT2D eigenvalue weighted by molar-refractivity contribution is 5.79. The average Bonchev–Trinajstić information content (AvgIpc) is 2.76. The Balaban J connectivity index is 1.69. The zero-order valence-electron chi connectivity index (χ0n) is 16.8. The first kappa shape index (κ1) is 21.2. The SMILES string of the molecule is COc1ccc(CN(CCO)C(=O)COc2ccc3ccc(=O)oc3c2)cc1OC. The second kappa shape index (κ2) is 9.80. The number of methoxy groups -OCH3 is 2. The largest absolute Gasteiger partial charge is 0.493 e. The Hall–Kier alpha value is -3.52. The summed E-state index contributed by atoms with van der Waals surface area (Å²) in [6, 6.07) is 13.4. The Morgan fingerprint density at radius 2 is 1.80 bits per heavy atom. The Bertz CT molecular complexity index is 1080. The van der Waals surface area contributed by atoms with Gasteiger partial charge in [-0.25, -0.2) is 4.79 Å². The number of aliphatic hydroxyl groups excluding tert-OH is 1. The second-order valence-electron chi connectivity index (χ2n) is 6.47. The normalized spacial score (nSPS) is 10.6. The van der Waals surface area contributed by atoms with Gasteiger partial charge in [0.1, 0.15) is 11.3 Å². The maximum absolute atomic E-state index is 12.7. The fourth-order valence-electron chi connectivity index (χ4n) is 2.98. The number of nitrogens with zero attached hydrogens (tertiary/aromatic N) is 1. The molecule has 0 saturated carbocycles. The molecule has 0 radical (unpaired) electrons. The number of hydrogen-bond acceptors (Lipinski definition) is 7. The van der Waals surface area contributed by atoms with Crippen LogP contribution in [0.2, 0.25) is 0 Å². The van der Waals surface area contributed by atoms with Gasteiger partial charge in [-0.15, -0.1) is 0 Å². The lowest BCUT2D eigenvalue weighted by atomic mass is 10.2. The highest BCUT2D eigenvalue weighted by atomic mass is 16.5. The number of ether oxygens (including phenoxy) is 3. The van der Waals surface area contributed by atoms with Crippen LogP contribution in [0.3, 0.4) is 0 Å². The van der Waals surface area contributed by atoms with Crippen LogP contribution in [0.4, 0.5) is 0 Å². The Kier molecular flexibility index (Phi) is 6.92. The van der Waals surface area contributed by atoms with Gasteiger partial charge in [-0.2, -0.15) is 0 Å². The fourth-order valence-corrected chi connectivity index (χ4v) is 2.98. The summed E-state index contributed by atoms with van der Waals surface area (Å²) >= 11 is 0. The van der Waals surface area contributed by atoms with Crippen LogP contribution in [0.25, 0.3) is 11.0 Å². The Labute approximate surface area is 173 Å². The summed E-state index contributed by atoms with van der Waals surface area (Å²) in [5, 5.41) is 10.1. The van der Waals surface area contributed by atoms with E-state index in [1.165, 1.54) is 18.1 Å². The van der Waals surface area contributed by atoms with Crippen molar-refractivity contribution in [2.75, 3.05) is 34.0 Å². The molecule has 158 valence electrons. The van der Waals surface area contributed by atoms with Crippen LogP contribution in [0.15, 0.2) is 57.7 Å². The number of hydrogen-bond donors (Lipinski definition) is 1. The Morgan fingerprint density at radius 3 is 2.53 bits per heavy atom. The third-order valence-electron chi connectivity index (χ3n) is 4.50. The van der Waals surface area contributed by atoms with E-state index < -0.39 is 5.63 Å². The fraction of sp³-hybridized carbons (Fsp3) is 0.273. The first-order chi connectivity index (χ1) is 14.5. The lowest BCUT2D eigenvalue weighted by Gasteiger charge is -2.22. The van der Waals surface area contributed by atoms with Gasteiger partial charge >= 0.3 is 5.63 Å². The molecule has 2 aromatic carbocycles. The van der Waals surface area contributed by atoms with Gasteiger partial charge in [-0.05, 0) is 35.9 Å². The van der Waals surface area contributed by atoms with Gasteiger partial charge < -0.3 is 28.6 Å². The van der Waals surface area contributed by atoms with Crippen LogP contribution in [0, 0.1) is 0 Å². The standard InChI is InChI=1S/C22H23NO7/c1-27-18-7-3-15(11-20(18)28-2)13-23(9-10-24)21(25)14-29-17-6-4-16-5-8-22(26)30-19(16)12-17/h3-8,11-12,24H,9-10,13-14H2,1-2H3. The van der Waals surface area contributed by atoms with E-state index in [1.807, 2.05) is 6.07 Å². The smallest absolute Gasteiger partial charge is 0.336 e. The van der Waals surface area contributed by atoms with Crippen LogP contribution in [0.5, 0.6) is 17.2 Å². The summed E-state index contributed by atoms with van der Waals surface area (Å²) in [5.74, 6) is 1.25. The molecule has 0 aliphatic rings. The van der Waals surface area contributed by atoms with Crippen molar-refractivity contribution >= 4 is 16.9 Å². The number of carbonyl (C=O) groups is 1. The lowest BCUT2D eigenvalue weighted by Crippen LogP contribution is -2.36. The van der Waals surface area contributed by atoms with E-state index in [1.54, 1.807) is 43.5 Å². The van der Waals surface area contributed by atoms with Crippen LogP contribution < -0.4 is 19.8 Å². The predicted molar refractivity (Wildman–Crippen MR) is 110 cm³/mol. The molecule has 0 saturated heterocycles. The summed E-state index contributed by atoms with van der Waals surface area (Å²) in [4.78, 5) is 25.5. The lowest BCUT2D eigenvalue weighted by molar-refractivity contribution is -0.134. The van der Waals surface area contributed by atoms with E-state index in [0.717, 1.165) is 10.9 Å². The van der Waals surface area contributed by atoms with Gasteiger partial charge in [0, 0.05) is 30.6 Å². The monoisotopic (exact) mass is 413 g/mol. The molecule has 1 aromatic heterocycles. The summed E-state index contributed by atoms with van der Waals surface area (Å²) in [5.41, 5.74) is 0.742. The van der Waals surface area contributed by atoms with Crippen LogP contribution in [-0.2, 0) is 11.3 Å². The van der Waals surface area contributed by atoms with Gasteiger partial charge in [0.2, 0.25) is 0 Å². The molecule has 8 heteroatoms. The van der Waals surface area contributed by atoms with Gasteiger partial charge in [0.05, 0.1) is 20.8 Å². The summed E-state index contributed by atoms with van der Waals surface area (Å²) in [6.07, 6.45) is 0. The minimum Gasteiger partial charge on any atom is -0.493 e. The molecule has 30 heavy (non-hydrogen) atoms. The molecule has 0 aliphatic carbocycles. The number of carbonyl (C=O) groups excluding carboxylic acids is 1. The van der Waals surface area contributed by atoms with Crippen molar-refractivity contribution < 1.29 is 28.5 Å². The highest BCUT2D eigenvalue weighted by Crippen LogP contribution is 2.28. The van der Waals surface area contributed by atoms with E-state index in [4.69, 9.17) is 18.6 Å². The van der Waals surface area contributed by atoms with Gasteiger partial charge in [0.15, 0.2) is 18.1 Å². The van der Waals surface area contributed by atoms with Gasteiger partial charge in [-0.1, -0.05) is 6.07 Å². The van der Waals surface area contributed by atoms with E-state index in [2.05, 4.69) is 0 Å². The molecule has 0 spiro atoms. The van der Waals surface area contributed by atoms with E-state index in [-0.39, 0.29) is 32.2 Å². The topological polar surface area (TPSA) is 98.4 Å². The molecule has 3 rings (SSSR count). The van der Waals surface area contributed by atoms with Crippen LogP contribution in [0.1, 0.15) is 5.56 Å². The number of amides is 1. The first-order valence-corrected chi connectivity index (χ1v) is 9.30. The molecular weight excluding hydrogens is 390 g/mol. The molecule has 0 aliphatic heterocycles. The van der Waals surface area contributed by atoms with Gasteiger partial charge in [0.25, 0.3) is 5.91 Å². The number of aliphatic hydroxyl groups is 1. The average molecular weight is 413 g/mol. The zero-order valence-corrected chi connectivity index (χ0v) is 16.8. The summed E-state index contributed by atoms with van der Waals surface area (Å²) < 4.78 is 21.2. The van der Waals surface area contributed by atoms with Gasteiger partial charge in [-0.3, -0.25) is 4.79 Å². The van der Waals surface area contributed by atoms with E-state index in [9.17, 15) is 14.7 Å². The third kappa shape index (κ3) is 5.09. The van der Waals surface area contributed by atoms with Crippen LogP contribution in [-0.4, -0.2) is 49.9 Å². The summed E-state index contributed by atoms with van der Waals surface area (Å²) in [7, 11) is 3.09. The van der Waals surface area contributed by atoms with E-state index in [0.29, 0.717) is 22.8 Å². The second-order valence-corrected chi connectivity index (χ2v) is 6.47. The first-order valence-electron chi connectivity index (χ1n) is 9.30. The van der Waals surface area contributed by atoms with Crippen molar-refractivity contribution in [2.24, 2.45) is 0 Å². The molecular formula is C22H23NO7. The molecule has 0 atom stereocenters. The number of fused-ring (bicyclic) bond motifs is 1. The third-order valence-corrected chi connectivity index (χ3v) is 4.50. The highest BCUT2D eigenvalue weighted by Gasteiger charge is 2.16. The maximum atomic E-state index is 12.7. The molecule has 1 N–H and O–H groups in total. The van der Waals surface area contributed by atoms with Crippen molar-refractivity contribution in [3.8, 4) is 17.2 Å². The quantitative estimate of drug-likeness (QED) is 0.537. The Morgan fingerprint density at radius 1 is 1.03 bits per heavy atom. The number of benzene rings is 2. The predicted octanol–water partition coefficient (Wildman–Crippen LogP) is 2.21. The molecule has 0 bridgehead atoms. The minimum atomic E-state index is -0.459. The summed E-state index contributed by atoms with van der Waals surface area (Å²) in [6.45, 7) is 0.0227.